The molecule has 0 aliphatic rings. The van der Waals surface area contributed by atoms with E-state index in [0.717, 1.165) is 24.3 Å². The fraction of sp³-hybridized carbons (Fsp3) is 0.353. The number of hydrogen-bond acceptors (Lipinski definition) is 4. The molecule has 1 aromatic carbocycles. The quantitative estimate of drug-likeness (QED) is 0.749. The summed E-state index contributed by atoms with van der Waals surface area (Å²) in [6.07, 6.45) is 1.81. The third kappa shape index (κ3) is 5.68. The Balaban J connectivity index is 2.10. The van der Waals surface area contributed by atoms with E-state index >= 15 is 0 Å². The summed E-state index contributed by atoms with van der Waals surface area (Å²) in [5, 5.41) is 2.65. The smallest absolute Gasteiger partial charge is 0.241 e. The van der Waals surface area contributed by atoms with Gasteiger partial charge in [0.1, 0.15) is 17.6 Å². The van der Waals surface area contributed by atoms with Crippen molar-refractivity contribution in [2.45, 2.75) is 37.8 Å². The molecule has 0 fully saturated rings. The van der Waals surface area contributed by atoms with Crippen LogP contribution in [-0.2, 0) is 21.4 Å². The van der Waals surface area contributed by atoms with E-state index in [1.54, 1.807) is 12.1 Å². The lowest BCUT2D eigenvalue weighted by Crippen LogP contribution is -2.47. The van der Waals surface area contributed by atoms with Crippen molar-refractivity contribution in [3.63, 3.8) is 0 Å². The predicted molar refractivity (Wildman–Crippen MR) is 90.5 cm³/mol. The van der Waals surface area contributed by atoms with Gasteiger partial charge in [0.25, 0.3) is 0 Å². The van der Waals surface area contributed by atoms with Gasteiger partial charge >= 0.3 is 0 Å². The Morgan fingerprint density at radius 3 is 2.44 bits per heavy atom. The van der Waals surface area contributed by atoms with Crippen LogP contribution in [0.25, 0.3) is 0 Å². The minimum atomic E-state index is -3.94. The number of nitrogens with one attached hydrogen (secondary N) is 2. The van der Waals surface area contributed by atoms with Gasteiger partial charge in [0.15, 0.2) is 0 Å². The molecule has 0 saturated carbocycles. The van der Waals surface area contributed by atoms with E-state index in [1.165, 1.54) is 6.26 Å². The Kier molecular flexibility index (Phi) is 6.33. The van der Waals surface area contributed by atoms with Crippen LogP contribution in [-0.4, -0.2) is 20.4 Å². The van der Waals surface area contributed by atoms with Crippen molar-refractivity contribution in [3.05, 3.63) is 54.2 Å². The molecule has 25 heavy (non-hydrogen) atoms. The molecule has 0 bridgehead atoms. The van der Waals surface area contributed by atoms with Crippen LogP contribution < -0.4 is 10.0 Å². The van der Waals surface area contributed by atoms with Crippen LogP contribution in [0.3, 0.4) is 0 Å². The van der Waals surface area contributed by atoms with Crippen molar-refractivity contribution in [2.24, 2.45) is 5.92 Å². The minimum absolute atomic E-state index is 0.0929. The number of carbonyl (C=O) groups excluding carboxylic acids is 1. The van der Waals surface area contributed by atoms with Crippen LogP contribution in [0, 0.1) is 11.7 Å². The molecular weight excluding hydrogens is 347 g/mol. The topological polar surface area (TPSA) is 88.4 Å². The highest BCUT2D eigenvalue weighted by atomic mass is 32.2. The molecule has 2 N–H and O–H groups in total. The average molecular weight is 368 g/mol. The summed E-state index contributed by atoms with van der Waals surface area (Å²) in [5.41, 5.74) is 0. The zero-order chi connectivity index (χ0) is 18.4. The maximum atomic E-state index is 13.0. The van der Waals surface area contributed by atoms with Crippen molar-refractivity contribution in [3.8, 4) is 0 Å². The molecule has 1 aromatic heterocycles. The normalized spacial score (nSPS) is 13.0. The Morgan fingerprint density at radius 2 is 1.88 bits per heavy atom. The van der Waals surface area contributed by atoms with E-state index in [0.29, 0.717) is 12.2 Å². The van der Waals surface area contributed by atoms with Crippen molar-refractivity contribution in [1.29, 1.82) is 0 Å². The molecule has 136 valence electrons. The summed E-state index contributed by atoms with van der Waals surface area (Å²) in [6.45, 7) is 3.94. The molecule has 0 radical (unpaired) electrons. The Hall–Kier alpha value is -2.19. The van der Waals surface area contributed by atoms with Crippen molar-refractivity contribution < 1.29 is 22.0 Å². The highest BCUT2D eigenvalue weighted by Gasteiger charge is 2.26. The van der Waals surface area contributed by atoms with Crippen LogP contribution in [0.1, 0.15) is 26.0 Å². The van der Waals surface area contributed by atoms with Gasteiger partial charge in [-0.3, -0.25) is 4.79 Å². The number of sulfonamides is 1. The molecular formula is C17H21FN2O4S. The zero-order valence-electron chi connectivity index (χ0n) is 14.0. The van der Waals surface area contributed by atoms with Crippen LogP contribution in [0.2, 0.25) is 0 Å². The summed E-state index contributed by atoms with van der Waals surface area (Å²) in [7, 11) is -3.94. The zero-order valence-corrected chi connectivity index (χ0v) is 14.8. The van der Waals surface area contributed by atoms with Gasteiger partial charge in [0, 0.05) is 0 Å². The summed E-state index contributed by atoms with van der Waals surface area (Å²) in [5.74, 6) is -0.321. The lowest BCUT2D eigenvalue weighted by Gasteiger charge is -2.20. The number of rotatable bonds is 8. The van der Waals surface area contributed by atoms with E-state index in [2.05, 4.69) is 10.0 Å². The van der Waals surface area contributed by atoms with Crippen LogP contribution >= 0.6 is 0 Å². The standard InChI is InChI=1S/C17H21FN2O4S/c1-12(2)10-16(17(21)19-11-14-4-3-9-24-14)20-25(22,23)15-7-5-13(18)6-8-15/h3-9,12,16,20H,10-11H2,1-2H3,(H,19,21)/t16-/m0/s1. The van der Waals surface area contributed by atoms with Crippen LogP contribution in [0.15, 0.2) is 52.0 Å². The Labute approximate surface area is 146 Å². The second kappa shape index (κ2) is 8.26. The predicted octanol–water partition coefficient (Wildman–Crippen LogP) is 2.43. The summed E-state index contributed by atoms with van der Waals surface area (Å²) in [6, 6.07) is 6.90. The van der Waals surface area contributed by atoms with Gasteiger partial charge in [-0.1, -0.05) is 13.8 Å². The molecule has 6 nitrogen and oxygen atoms in total. The van der Waals surface area contributed by atoms with Gasteiger partial charge in [0.2, 0.25) is 15.9 Å². The fourth-order valence-electron chi connectivity index (χ4n) is 2.26. The number of hydrogen-bond donors (Lipinski definition) is 2. The minimum Gasteiger partial charge on any atom is -0.467 e. The number of furan rings is 1. The first-order valence-corrected chi connectivity index (χ1v) is 9.34. The van der Waals surface area contributed by atoms with Gasteiger partial charge < -0.3 is 9.73 Å². The third-order valence-corrected chi connectivity index (χ3v) is 4.95. The molecule has 2 aromatic rings. The monoisotopic (exact) mass is 368 g/mol. The fourth-order valence-corrected chi connectivity index (χ4v) is 3.47. The van der Waals surface area contributed by atoms with E-state index in [-0.39, 0.29) is 17.4 Å². The van der Waals surface area contributed by atoms with Crippen LogP contribution in [0.5, 0.6) is 0 Å². The van der Waals surface area contributed by atoms with E-state index in [1.807, 2.05) is 13.8 Å². The number of carbonyl (C=O) groups is 1. The summed E-state index contributed by atoms with van der Waals surface area (Å²) < 4.78 is 45.4. The molecule has 0 aliphatic heterocycles. The Morgan fingerprint density at radius 1 is 1.20 bits per heavy atom. The molecule has 0 aliphatic carbocycles. The first-order valence-electron chi connectivity index (χ1n) is 7.86. The van der Waals surface area contributed by atoms with Gasteiger partial charge in [-0.15, -0.1) is 0 Å². The molecule has 8 heteroatoms. The first-order chi connectivity index (χ1) is 11.8. The van der Waals surface area contributed by atoms with E-state index in [9.17, 15) is 17.6 Å². The molecule has 0 saturated heterocycles. The molecule has 1 amide bonds. The maximum Gasteiger partial charge on any atom is 0.241 e. The lowest BCUT2D eigenvalue weighted by molar-refractivity contribution is -0.123. The van der Waals surface area contributed by atoms with Gasteiger partial charge in [0.05, 0.1) is 17.7 Å². The SMILES string of the molecule is CC(C)C[C@H](NS(=O)(=O)c1ccc(F)cc1)C(=O)NCc1ccco1. The first kappa shape index (κ1) is 19.1. The number of halogens is 1. The van der Waals surface area contributed by atoms with Gasteiger partial charge in [-0.25, -0.2) is 12.8 Å². The van der Waals surface area contributed by atoms with Crippen molar-refractivity contribution >= 4 is 15.9 Å². The number of amides is 1. The van der Waals surface area contributed by atoms with E-state index < -0.39 is 27.8 Å². The van der Waals surface area contributed by atoms with Crippen molar-refractivity contribution in [2.75, 3.05) is 0 Å². The largest absolute Gasteiger partial charge is 0.467 e. The van der Waals surface area contributed by atoms with Crippen molar-refractivity contribution in [1.82, 2.24) is 10.0 Å². The highest BCUT2D eigenvalue weighted by Crippen LogP contribution is 2.13. The maximum absolute atomic E-state index is 13.0. The highest BCUT2D eigenvalue weighted by molar-refractivity contribution is 7.89. The Bertz CT molecular complexity index is 787. The molecule has 1 heterocycles. The summed E-state index contributed by atoms with van der Waals surface area (Å²) >= 11 is 0. The second-order valence-corrected chi connectivity index (χ2v) is 7.77. The lowest BCUT2D eigenvalue weighted by atomic mass is 10.0. The second-order valence-electron chi connectivity index (χ2n) is 6.05. The third-order valence-electron chi connectivity index (χ3n) is 3.46. The van der Waals surface area contributed by atoms with Gasteiger partial charge in [-0.05, 0) is 48.7 Å². The van der Waals surface area contributed by atoms with Gasteiger partial charge in [-0.2, -0.15) is 4.72 Å². The van der Waals surface area contributed by atoms with E-state index in [4.69, 9.17) is 4.42 Å². The molecule has 1 atom stereocenters. The van der Waals surface area contributed by atoms with Crippen LogP contribution in [0.4, 0.5) is 4.39 Å². The summed E-state index contributed by atoms with van der Waals surface area (Å²) in [4.78, 5) is 12.3. The molecule has 0 spiro atoms. The average Bonchev–Trinajstić information content (AvgIpc) is 3.05. The number of benzene rings is 1. The molecule has 2 rings (SSSR count). The molecule has 0 unspecified atom stereocenters.